The average Bonchev–Trinajstić information content (AvgIpc) is 2.73. The Hall–Kier alpha value is -2.99. The van der Waals surface area contributed by atoms with E-state index in [0.29, 0.717) is 27.6 Å². The molecule has 1 fully saturated rings. The molecule has 2 amide bonds. The Balaban J connectivity index is 1.63. The van der Waals surface area contributed by atoms with Gasteiger partial charge in [0.05, 0.1) is 16.9 Å². The Labute approximate surface area is 174 Å². The number of nitrogens with zero attached hydrogens (tertiary/aromatic N) is 1. The lowest BCUT2D eigenvalue weighted by atomic mass is 10.1. The number of nitrogens with one attached hydrogen (secondary N) is 1. The van der Waals surface area contributed by atoms with Gasteiger partial charge in [0.25, 0.3) is 5.91 Å². The Kier molecular flexibility index (Phi) is 5.45. The van der Waals surface area contributed by atoms with E-state index in [2.05, 4.69) is 10.2 Å². The van der Waals surface area contributed by atoms with Gasteiger partial charge >= 0.3 is 0 Å². The zero-order valence-electron chi connectivity index (χ0n) is 15.9. The highest BCUT2D eigenvalue weighted by Gasteiger charge is 2.21. The largest absolute Gasteiger partial charge is 0.488 e. The number of hydrogen-bond donors (Lipinski definition) is 2. The molecule has 150 valence electrons. The molecule has 7 heteroatoms. The molecule has 3 N–H and O–H groups in total. The second kappa shape index (κ2) is 8.17. The number of rotatable bonds is 4. The number of amides is 2. The summed E-state index contributed by atoms with van der Waals surface area (Å²) in [4.78, 5) is 26.8. The van der Waals surface area contributed by atoms with Gasteiger partial charge in [-0.2, -0.15) is 0 Å². The highest BCUT2D eigenvalue weighted by Crippen LogP contribution is 2.32. The molecule has 1 saturated heterocycles. The second-order valence-corrected chi connectivity index (χ2v) is 7.67. The fourth-order valence-electron chi connectivity index (χ4n) is 3.68. The first-order valence-electron chi connectivity index (χ1n) is 9.64. The summed E-state index contributed by atoms with van der Waals surface area (Å²) in [6.07, 6.45) is 5.17. The van der Waals surface area contributed by atoms with Crippen molar-refractivity contribution in [3.05, 3.63) is 58.1 Å². The molecule has 0 aliphatic carbocycles. The molecule has 6 nitrogen and oxygen atoms in total. The number of piperidine rings is 1. The monoisotopic (exact) mass is 411 g/mol. The van der Waals surface area contributed by atoms with E-state index in [4.69, 9.17) is 22.1 Å². The molecule has 2 aromatic rings. The van der Waals surface area contributed by atoms with Crippen molar-refractivity contribution >= 4 is 40.9 Å². The molecular formula is C22H22ClN3O3. The summed E-state index contributed by atoms with van der Waals surface area (Å²) in [5.74, 6) is -0.124. The maximum Gasteiger partial charge on any atom is 0.255 e. The van der Waals surface area contributed by atoms with E-state index in [9.17, 15) is 9.59 Å². The Morgan fingerprint density at radius 2 is 1.86 bits per heavy atom. The van der Waals surface area contributed by atoms with E-state index in [-0.39, 0.29) is 12.5 Å². The molecule has 0 spiro atoms. The lowest BCUT2D eigenvalue weighted by molar-refractivity contribution is -0.113. The van der Waals surface area contributed by atoms with Crippen LogP contribution in [0.5, 0.6) is 5.75 Å². The van der Waals surface area contributed by atoms with Crippen LogP contribution in [-0.2, 0) is 4.79 Å². The summed E-state index contributed by atoms with van der Waals surface area (Å²) in [7, 11) is 0. The Morgan fingerprint density at radius 1 is 1.07 bits per heavy atom. The van der Waals surface area contributed by atoms with Gasteiger partial charge in [-0.1, -0.05) is 11.6 Å². The maximum absolute atomic E-state index is 13.0. The smallest absolute Gasteiger partial charge is 0.255 e. The minimum atomic E-state index is -0.533. The Bertz CT molecular complexity index is 997. The van der Waals surface area contributed by atoms with Gasteiger partial charge < -0.3 is 20.7 Å². The highest BCUT2D eigenvalue weighted by molar-refractivity contribution is 6.30. The zero-order valence-corrected chi connectivity index (χ0v) is 16.7. The highest BCUT2D eigenvalue weighted by atomic mass is 35.5. The first-order valence-corrected chi connectivity index (χ1v) is 10.0. The first-order chi connectivity index (χ1) is 14.0. The number of ether oxygens (including phenoxy) is 1. The van der Waals surface area contributed by atoms with Crippen LogP contribution in [0.4, 0.5) is 11.4 Å². The van der Waals surface area contributed by atoms with E-state index in [1.54, 1.807) is 36.4 Å². The molecule has 2 aliphatic rings. The summed E-state index contributed by atoms with van der Waals surface area (Å²) in [6.45, 7) is 1.99. The molecule has 0 aromatic heterocycles. The normalized spacial score (nSPS) is 15.8. The summed E-state index contributed by atoms with van der Waals surface area (Å²) < 4.78 is 5.69. The van der Waals surface area contributed by atoms with E-state index >= 15 is 0 Å². The van der Waals surface area contributed by atoms with Crippen LogP contribution in [0.2, 0.25) is 5.02 Å². The lowest BCUT2D eigenvalue weighted by Crippen LogP contribution is -2.31. The number of benzene rings is 2. The molecule has 0 unspecified atom stereocenters. The minimum Gasteiger partial charge on any atom is -0.488 e. The van der Waals surface area contributed by atoms with E-state index in [1.807, 2.05) is 6.07 Å². The third-order valence-corrected chi connectivity index (χ3v) is 5.44. The number of halogens is 1. The van der Waals surface area contributed by atoms with Crippen molar-refractivity contribution < 1.29 is 14.3 Å². The molecular weight excluding hydrogens is 390 g/mol. The van der Waals surface area contributed by atoms with Crippen LogP contribution in [-0.4, -0.2) is 31.5 Å². The predicted molar refractivity (Wildman–Crippen MR) is 115 cm³/mol. The van der Waals surface area contributed by atoms with Crippen LogP contribution in [0.3, 0.4) is 0 Å². The SMILES string of the molecule is NC(=O)c1ccc(N2CCCCC2)c(NC(=O)C2=Cc3cc(Cl)ccc3OC2)c1. The van der Waals surface area contributed by atoms with E-state index < -0.39 is 5.91 Å². The third kappa shape index (κ3) is 4.22. The van der Waals surface area contributed by atoms with E-state index in [1.165, 1.54) is 6.42 Å². The molecule has 0 radical (unpaired) electrons. The molecule has 4 rings (SSSR count). The zero-order chi connectivity index (χ0) is 20.4. The van der Waals surface area contributed by atoms with Crippen LogP contribution in [0.25, 0.3) is 6.08 Å². The molecule has 2 aromatic carbocycles. The number of carbonyl (C=O) groups excluding carboxylic acids is 2. The van der Waals surface area contributed by atoms with Gasteiger partial charge in [-0.05, 0) is 61.7 Å². The topological polar surface area (TPSA) is 84.7 Å². The van der Waals surface area contributed by atoms with Crippen molar-refractivity contribution in [1.29, 1.82) is 0 Å². The van der Waals surface area contributed by atoms with Gasteiger partial charge in [0.2, 0.25) is 5.91 Å². The summed E-state index contributed by atoms with van der Waals surface area (Å²) in [5, 5.41) is 3.52. The van der Waals surface area contributed by atoms with Crippen LogP contribution >= 0.6 is 11.6 Å². The fourth-order valence-corrected chi connectivity index (χ4v) is 3.86. The second-order valence-electron chi connectivity index (χ2n) is 7.24. The summed E-state index contributed by atoms with van der Waals surface area (Å²) >= 11 is 6.05. The van der Waals surface area contributed by atoms with Gasteiger partial charge in [0.1, 0.15) is 12.4 Å². The van der Waals surface area contributed by atoms with Crippen molar-refractivity contribution in [3.63, 3.8) is 0 Å². The summed E-state index contributed by atoms with van der Waals surface area (Å²) in [5.41, 5.74) is 8.50. The van der Waals surface area contributed by atoms with Crippen LogP contribution in [0, 0.1) is 0 Å². The number of primary amides is 1. The van der Waals surface area contributed by atoms with Crippen molar-refractivity contribution in [2.24, 2.45) is 5.73 Å². The summed E-state index contributed by atoms with van der Waals surface area (Å²) in [6, 6.07) is 10.5. The average molecular weight is 412 g/mol. The molecule has 2 aliphatic heterocycles. The van der Waals surface area contributed by atoms with Crippen LogP contribution in [0.15, 0.2) is 42.0 Å². The molecule has 2 heterocycles. The van der Waals surface area contributed by atoms with Crippen LogP contribution in [0.1, 0.15) is 35.2 Å². The first kappa shape index (κ1) is 19.3. The number of carbonyl (C=O) groups is 2. The number of fused-ring (bicyclic) bond motifs is 1. The van der Waals surface area contributed by atoms with Gasteiger partial charge in [0, 0.05) is 29.2 Å². The Morgan fingerprint density at radius 3 is 2.62 bits per heavy atom. The van der Waals surface area contributed by atoms with Gasteiger partial charge in [0.15, 0.2) is 0 Å². The van der Waals surface area contributed by atoms with Gasteiger partial charge in [-0.15, -0.1) is 0 Å². The molecule has 0 atom stereocenters. The quantitative estimate of drug-likeness (QED) is 0.800. The molecule has 29 heavy (non-hydrogen) atoms. The molecule has 0 saturated carbocycles. The van der Waals surface area contributed by atoms with Crippen molar-refractivity contribution in [2.75, 3.05) is 29.9 Å². The number of anilines is 2. The minimum absolute atomic E-state index is 0.162. The van der Waals surface area contributed by atoms with Gasteiger partial charge in [-0.25, -0.2) is 0 Å². The third-order valence-electron chi connectivity index (χ3n) is 5.20. The standard InChI is InChI=1S/C22H22ClN3O3/c23-17-5-7-20-15(11-17)10-16(13-29-20)22(28)25-18-12-14(21(24)27)4-6-19(18)26-8-2-1-3-9-26/h4-7,10-12H,1-3,8-9,13H2,(H2,24,27)(H,25,28). The fraction of sp³-hybridized carbons (Fsp3) is 0.273. The maximum atomic E-state index is 13.0. The number of hydrogen-bond acceptors (Lipinski definition) is 4. The van der Waals surface area contributed by atoms with Crippen molar-refractivity contribution in [3.8, 4) is 5.75 Å². The van der Waals surface area contributed by atoms with E-state index in [0.717, 1.165) is 37.2 Å². The lowest BCUT2D eigenvalue weighted by Gasteiger charge is -2.31. The van der Waals surface area contributed by atoms with Crippen molar-refractivity contribution in [2.45, 2.75) is 19.3 Å². The predicted octanol–water partition coefficient (Wildman–Crippen LogP) is 3.84. The molecule has 0 bridgehead atoms. The van der Waals surface area contributed by atoms with Gasteiger partial charge in [-0.3, -0.25) is 9.59 Å². The number of nitrogens with two attached hydrogens (primary N) is 1. The van der Waals surface area contributed by atoms with Crippen LogP contribution < -0.4 is 20.7 Å². The van der Waals surface area contributed by atoms with Crippen molar-refractivity contribution in [1.82, 2.24) is 0 Å².